The number of hydrogen-bond acceptors (Lipinski definition) is 3. The first kappa shape index (κ1) is 21.5. The predicted molar refractivity (Wildman–Crippen MR) is 111 cm³/mol. The van der Waals surface area contributed by atoms with Gasteiger partial charge in [-0.2, -0.15) is 0 Å². The van der Waals surface area contributed by atoms with E-state index in [1.54, 1.807) is 4.90 Å². The monoisotopic (exact) mass is 382 g/mol. The minimum atomic E-state index is -0.533. The van der Waals surface area contributed by atoms with E-state index in [4.69, 9.17) is 4.74 Å². The number of nitrogens with zero attached hydrogens (tertiary/aromatic N) is 1. The third kappa shape index (κ3) is 6.12. The molecule has 0 spiro atoms. The minimum absolute atomic E-state index is 0.106. The third-order valence-electron chi connectivity index (χ3n) is 4.52. The molecule has 150 valence electrons. The molecule has 2 aromatic carbocycles. The van der Waals surface area contributed by atoms with Crippen molar-refractivity contribution in [3.8, 4) is 5.75 Å². The first-order valence-electron chi connectivity index (χ1n) is 9.76. The summed E-state index contributed by atoms with van der Waals surface area (Å²) in [6.07, 6.45) is 0.536. The van der Waals surface area contributed by atoms with Gasteiger partial charge in [0, 0.05) is 13.1 Å². The van der Waals surface area contributed by atoms with Crippen LogP contribution in [0.4, 0.5) is 0 Å². The summed E-state index contributed by atoms with van der Waals surface area (Å²) in [5.74, 6) is 0.303. The Morgan fingerprint density at radius 1 is 1.04 bits per heavy atom. The number of hydrogen-bond donors (Lipinski definition) is 1. The molecule has 28 heavy (non-hydrogen) atoms. The molecule has 1 atom stereocenters. The third-order valence-corrected chi connectivity index (χ3v) is 4.52. The molecule has 0 aromatic heterocycles. The summed E-state index contributed by atoms with van der Waals surface area (Å²) in [6, 6.07) is 15.0. The second kappa shape index (κ2) is 10.5. The van der Waals surface area contributed by atoms with Gasteiger partial charge in [0.05, 0.1) is 0 Å². The highest BCUT2D eigenvalue weighted by Crippen LogP contribution is 2.16. The molecule has 0 heterocycles. The van der Waals surface area contributed by atoms with E-state index < -0.39 is 6.04 Å². The maximum atomic E-state index is 13.0. The molecule has 2 aromatic rings. The van der Waals surface area contributed by atoms with Gasteiger partial charge in [-0.05, 0) is 50.5 Å². The number of ether oxygens (including phenoxy) is 1. The van der Waals surface area contributed by atoms with Crippen LogP contribution in [0.2, 0.25) is 0 Å². The summed E-state index contributed by atoms with van der Waals surface area (Å²) >= 11 is 0. The lowest BCUT2D eigenvalue weighted by molar-refractivity contribution is -0.142. The van der Waals surface area contributed by atoms with Gasteiger partial charge in [-0.25, -0.2) is 0 Å². The highest BCUT2D eigenvalue weighted by molar-refractivity contribution is 5.88. The smallest absolute Gasteiger partial charge is 0.261 e. The van der Waals surface area contributed by atoms with Crippen molar-refractivity contribution in [2.24, 2.45) is 0 Å². The molecule has 0 aliphatic rings. The first-order valence-corrected chi connectivity index (χ1v) is 9.76. The average Bonchev–Trinajstić information content (AvgIpc) is 2.66. The zero-order chi connectivity index (χ0) is 20.5. The standard InChI is InChI=1S/C23H30N2O3/c1-5-21(23(27)24-6-2)25(15-19-11-7-9-17(3)13-19)22(26)16-28-20-12-8-10-18(4)14-20/h7-14,21H,5-6,15-16H2,1-4H3,(H,24,27)/t21-/m1/s1. The quantitative estimate of drug-likeness (QED) is 0.721. The van der Waals surface area contributed by atoms with Crippen LogP contribution >= 0.6 is 0 Å². The van der Waals surface area contributed by atoms with Gasteiger partial charge in [0.15, 0.2) is 6.61 Å². The Morgan fingerprint density at radius 2 is 1.71 bits per heavy atom. The fourth-order valence-electron chi connectivity index (χ4n) is 3.15. The van der Waals surface area contributed by atoms with E-state index in [-0.39, 0.29) is 18.4 Å². The van der Waals surface area contributed by atoms with E-state index >= 15 is 0 Å². The van der Waals surface area contributed by atoms with E-state index in [0.29, 0.717) is 25.3 Å². The lowest BCUT2D eigenvalue weighted by Gasteiger charge is -2.30. The van der Waals surface area contributed by atoms with E-state index in [2.05, 4.69) is 5.32 Å². The minimum Gasteiger partial charge on any atom is -0.484 e. The van der Waals surface area contributed by atoms with E-state index in [0.717, 1.165) is 16.7 Å². The summed E-state index contributed by atoms with van der Waals surface area (Å²) in [7, 11) is 0. The Bertz CT molecular complexity index is 804. The largest absolute Gasteiger partial charge is 0.484 e. The van der Waals surface area contributed by atoms with Crippen LogP contribution in [0.3, 0.4) is 0 Å². The molecule has 0 saturated carbocycles. The average molecular weight is 383 g/mol. The highest BCUT2D eigenvalue weighted by atomic mass is 16.5. The summed E-state index contributed by atoms with van der Waals surface area (Å²) in [4.78, 5) is 27.2. The Kier molecular flexibility index (Phi) is 8.05. The fraction of sp³-hybridized carbons (Fsp3) is 0.391. The molecule has 0 saturated heterocycles. The summed E-state index contributed by atoms with van der Waals surface area (Å²) in [5, 5.41) is 2.84. The first-order chi connectivity index (χ1) is 13.4. The van der Waals surface area contributed by atoms with Crippen LogP contribution < -0.4 is 10.1 Å². The van der Waals surface area contributed by atoms with Crippen LogP contribution in [-0.2, 0) is 16.1 Å². The molecule has 0 aliphatic carbocycles. The molecule has 0 unspecified atom stereocenters. The van der Waals surface area contributed by atoms with Crippen LogP contribution in [0.5, 0.6) is 5.75 Å². The lowest BCUT2D eigenvalue weighted by atomic mass is 10.1. The summed E-state index contributed by atoms with van der Waals surface area (Å²) < 4.78 is 5.70. The molecular formula is C23H30N2O3. The zero-order valence-electron chi connectivity index (χ0n) is 17.2. The number of benzene rings is 2. The van der Waals surface area contributed by atoms with Crippen molar-refractivity contribution in [1.29, 1.82) is 0 Å². The van der Waals surface area contributed by atoms with Gasteiger partial charge in [0.2, 0.25) is 5.91 Å². The summed E-state index contributed by atoms with van der Waals surface area (Å²) in [6.45, 7) is 8.56. The van der Waals surface area contributed by atoms with Gasteiger partial charge in [-0.15, -0.1) is 0 Å². The van der Waals surface area contributed by atoms with Crippen LogP contribution in [0.25, 0.3) is 0 Å². The molecule has 5 nitrogen and oxygen atoms in total. The van der Waals surface area contributed by atoms with Gasteiger partial charge in [0.25, 0.3) is 5.91 Å². The molecule has 0 radical (unpaired) electrons. The van der Waals surface area contributed by atoms with Gasteiger partial charge < -0.3 is 15.0 Å². The topological polar surface area (TPSA) is 58.6 Å². The number of carbonyl (C=O) groups is 2. The Labute approximate surface area is 167 Å². The maximum Gasteiger partial charge on any atom is 0.261 e. The van der Waals surface area contributed by atoms with Crippen molar-refractivity contribution in [3.05, 3.63) is 65.2 Å². The SMILES string of the molecule is CCNC(=O)[C@@H](CC)N(Cc1cccc(C)c1)C(=O)COc1cccc(C)c1. The molecule has 0 bridgehead atoms. The zero-order valence-corrected chi connectivity index (χ0v) is 17.2. The van der Waals surface area contributed by atoms with Crippen molar-refractivity contribution in [3.63, 3.8) is 0 Å². The van der Waals surface area contributed by atoms with Crippen LogP contribution in [-0.4, -0.2) is 35.9 Å². The maximum absolute atomic E-state index is 13.0. The van der Waals surface area contributed by atoms with E-state index in [1.165, 1.54) is 0 Å². The van der Waals surface area contributed by atoms with Crippen LogP contribution in [0, 0.1) is 13.8 Å². The molecule has 5 heteroatoms. The highest BCUT2D eigenvalue weighted by Gasteiger charge is 2.28. The Morgan fingerprint density at radius 3 is 2.32 bits per heavy atom. The van der Waals surface area contributed by atoms with Crippen molar-refractivity contribution >= 4 is 11.8 Å². The van der Waals surface area contributed by atoms with E-state index in [1.807, 2.05) is 76.2 Å². The number of amides is 2. The van der Waals surface area contributed by atoms with Gasteiger partial charge in [-0.3, -0.25) is 9.59 Å². The number of likely N-dealkylation sites (N-methyl/N-ethyl adjacent to an activating group) is 1. The second-order valence-electron chi connectivity index (χ2n) is 6.93. The normalized spacial score (nSPS) is 11.6. The molecule has 2 amide bonds. The van der Waals surface area contributed by atoms with Crippen molar-refractivity contribution in [2.75, 3.05) is 13.2 Å². The number of rotatable bonds is 9. The van der Waals surface area contributed by atoms with Crippen molar-refractivity contribution in [1.82, 2.24) is 10.2 Å². The molecule has 0 fully saturated rings. The predicted octanol–water partition coefficient (Wildman–Crippen LogP) is 3.63. The van der Waals surface area contributed by atoms with Gasteiger partial charge in [-0.1, -0.05) is 48.9 Å². The fourth-order valence-corrected chi connectivity index (χ4v) is 3.15. The van der Waals surface area contributed by atoms with E-state index in [9.17, 15) is 9.59 Å². The molecule has 2 rings (SSSR count). The molecule has 1 N–H and O–H groups in total. The number of nitrogens with one attached hydrogen (secondary N) is 1. The van der Waals surface area contributed by atoms with Gasteiger partial charge >= 0.3 is 0 Å². The molecule has 0 aliphatic heterocycles. The second-order valence-corrected chi connectivity index (χ2v) is 6.93. The number of aryl methyl sites for hydroxylation is 2. The Hall–Kier alpha value is -2.82. The lowest BCUT2D eigenvalue weighted by Crippen LogP contribution is -2.50. The van der Waals surface area contributed by atoms with Crippen molar-refractivity contribution < 1.29 is 14.3 Å². The number of carbonyl (C=O) groups excluding carboxylic acids is 2. The van der Waals surface area contributed by atoms with Gasteiger partial charge in [0.1, 0.15) is 11.8 Å². The van der Waals surface area contributed by atoms with Crippen LogP contribution in [0.15, 0.2) is 48.5 Å². The summed E-state index contributed by atoms with van der Waals surface area (Å²) in [5.41, 5.74) is 3.17. The van der Waals surface area contributed by atoms with Crippen LogP contribution in [0.1, 0.15) is 37.0 Å². The molecular weight excluding hydrogens is 352 g/mol. The van der Waals surface area contributed by atoms with Crippen molar-refractivity contribution in [2.45, 2.75) is 46.7 Å². The Balaban J connectivity index is 2.19.